The first-order valence-corrected chi connectivity index (χ1v) is 9.35. The van der Waals surface area contributed by atoms with E-state index in [-0.39, 0.29) is 0 Å². The minimum atomic E-state index is 0.636. The molecule has 27 heavy (non-hydrogen) atoms. The summed E-state index contributed by atoms with van der Waals surface area (Å²) in [5, 5.41) is 9.12. The van der Waals surface area contributed by atoms with Gasteiger partial charge in [0.2, 0.25) is 0 Å². The molecule has 0 unspecified atom stereocenters. The third-order valence-corrected chi connectivity index (χ3v) is 4.86. The van der Waals surface area contributed by atoms with Crippen molar-refractivity contribution < 1.29 is 4.74 Å². The molecule has 138 valence electrons. The van der Waals surface area contributed by atoms with Crippen LogP contribution in [0.4, 0.5) is 0 Å². The molecule has 0 saturated carbocycles. The van der Waals surface area contributed by atoms with Crippen LogP contribution in [0, 0.1) is 0 Å². The maximum absolute atomic E-state index is 5.57. The number of guanidine groups is 1. The highest BCUT2D eigenvalue weighted by molar-refractivity contribution is 5.85. The largest absolute Gasteiger partial charge is 0.493 e. The van der Waals surface area contributed by atoms with Gasteiger partial charge in [0.15, 0.2) is 5.96 Å². The highest BCUT2D eigenvalue weighted by Gasteiger charge is 2.11. The van der Waals surface area contributed by atoms with Crippen molar-refractivity contribution in [1.29, 1.82) is 0 Å². The Morgan fingerprint density at radius 1 is 1.15 bits per heavy atom. The van der Waals surface area contributed by atoms with Crippen LogP contribution in [0.5, 0.6) is 5.75 Å². The summed E-state index contributed by atoms with van der Waals surface area (Å²) in [6.07, 6.45) is 3.81. The van der Waals surface area contributed by atoms with Crippen LogP contribution in [0.25, 0.3) is 10.8 Å². The fraction of sp³-hybridized carbons (Fsp3) is 0.273. The molecule has 0 bridgehead atoms. The lowest BCUT2D eigenvalue weighted by Gasteiger charge is -2.13. The Balaban J connectivity index is 1.32. The van der Waals surface area contributed by atoms with E-state index in [1.807, 2.05) is 24.4 Å². The summed E-state index contributed by atoms with van der Waals surface area (Å²) < 4.78 is 5.57. The van der Waals surface area contributed by atoms with Crippen LogP contribution in [0.1, 0.15) is 16.8 Å². The van der Waals surface area contributed by atoms with Gasteiger partial charge in [0.25, 0.3) is 0 Å². The van der Waals surface area contributed by atoms with Gasteiger partial charge in [0, 0.05) is 31.6 Å². The summed E-state index contributed by atoms with van der Waals surface area (Å²) in [6.45, 7) is 2.26. The molecule has 0 aliphatic carbocycles. The summed E-state index contributed by atoms with van der Waals surface area (Å²) in [6, 6.07) is 16.8. The van der Waals surface area contributed by atoms with Crippen molar-refractivity contribution >= 4 is 16.7 Å². The molecule has 4 rings (SSSR count). The van der Waals surface area contributed by atoms with E-state index in [9.17, 15) is 0 Å². The van der Waals surface area contributed by atoms with E-state index in [1.54, 1.807) is 7.05 Å². The number of aliphatic imine (C=N–C) groups is 1. The third-order valence-electron chi connectivity index (χ3n) is 4.86. The lowest BCUT2D eigenvalue weighted by molar-refractivity contribution is 0.357. The number of ether oxygens (including phenoxy) is 1. The molecular weight excluding hydrogens is 336 g/mol. The standard InChI is InChI=1S/C22H24N4O/c1-23-22(25-11-8-16-6-7-21-18(14-16)10-13-27-21)26-15-20-19-5-3-2-4-17(19)9-12-24-20/h2-7,9,12,14H,8,10-11,13,15H2,1H3,(H2,23,25,26). The molecule has 0 atom stereocenters. The van der Waals surface area contributed by atoms with Crippen LogP contribution in [0.15, 0.2) is 59.7 Å². The zero-order valence-corrected chi connectivity index (χ0v) is 15.5. The lowest BCUT2D eigenvalue weighted by Crippen LogP contribution is -2.38. The van der Waals surface area contributed by atoms with Crippen molar-refractivity contribution in [2.45, 2.75) is 19.4 Å². The van der Waals surface area contributed by atoms with Crippen LogP contribution in [-0.4, -0.2) is 31.1 Å². The third kappa shape index (κ3) is 4.03. The normalized spacial score (nSPS) is 13.3. The predicted molar refractivity (Wildman–Crippen MR) is 109 cm³/mol. The van der Waals surface area contributed by atoms with Gasteiger partial charge in [-0.2, -0.15) is 0 Å². The Kier molecular flexibility index (Phi) is 5.19. The smallest absolute Gasteiger partial charge is 0.191 e. The molecular formula is C22H24N4O. The van der Waals surface area contributed by atoms with Gasteiger partial charge in [-0.3, -0.25) is 9.98 Å². The molecule has 2 heterocycles. The topological polar surface area (TPSA) is 58.5 Å². The number of pyridine rings is 1. The van der Waals surface area contributed by atoms with Crippen molar-refractivity contribution in [3.05, 3.63) is 71.5 Å². The van der Waals surface area contributed by atoms with Gasteiger partial charge < -0.3 is 15.4 Å². The predicted octanol–water partition coefficient (Wildman–Crippen LogP) is 3.08. The highest BCUT2D eigenvalue weighted by atomic mass is 16.5. The average molecular weight is 360 g/mol. The SMILES string of the molecule is CN=C(NCCc1ccc2c(c1)CCO2)NCc1nccc2ccccc12. The van der Waals surface area contributed by atoms with Gasteiger partial charge in [-0.1, -0.05) is 36.4 Å². The fourth-order valence-corrected chi connectivity index (χ4v) is 3.43. The molecule has 0 amide bonds. The van der Waals surface area contributed by atoms with Gasteiger partial charge in [0.1, 0.15) is 5.75 Å². The van der Waals surface area contributed by atoms with E-state index in [2.05, 4.69) is 50.9 Å². The molecule has 0 fully saturated rings. The van der Waals surface area contributed by atoms with E-state index in [4.69, 9.17) is 4.74 Å². The highest BCUT2D eigenvalue weighted by Crippen LogP contribution is 2.25. The Morgan fingerprint density at radius 2 is 2.07 bits per heavy atom. The van der Waals surface area contributed by atoms with Gasteiger partial charge in [-0.05, 0) is 35.1 Å². The molecule has 2 N–H and O–H groups in total. The van der Waals surface area contributed by atoms with Gasteiger partial charge >= 0.3 is 0 Å². The Morgan fingerprint density at radius 3 is 3.00 bits per heavy atom. The number of nitrogens with zero attached hydrogens (tertiary/aromatic N) is 2. The van der Waals surface area contributed by atoms with Crippen LogP contribution in [-0.2, 0) is 19.4 Å². The van der Waals surface area contributed by atoms with Crippen molar-refractivity contribution in [1.82, 2.24) is 15.6 Å². The first-order chi connectivity index (χ1) is 13.3. The van der Waals surface area contributed by atoms with E-state index >= 15 is 0 Å². The maximum atomic E-state index is 5.57. The number of nitrogens with one attached hydrogen (secondary N) is 2. The van der Waals surface area contributed by atoms with E-state index in [0.717, 1.165) is 43.4 Å². The zero-order chi connectivity index (χ0) is 18.5. The second-order valence-electron chi connectivity index (χ2n) is 6.62. The van der Waals surface area contributed by atoms with Crippen molar-refractivity contribution in [3.8, 4) is 5.75 Å². The van der Waals surface area contributed by atoms with E-state index in [0.29, 0.717) is 6.54 Å². The molecule has 5 heteroatoms. The van der Waals surface area contributed by atoms with Crippen molar-refractivity contribution in [2.24, 2.45) is 4.99 Å². The van der Waals surface area contributed by atoms with Crippen molar-refractivity contribution in [3.63, 3.8) is 0 Å². The molecule has 0 saturated heterocycles. The Bertz CT molecular complexity index is 962. The summed E-state index contributed by atoms with van der Waals surface area (Å²) in [5.41, 5.74) is 3.66. The molecule has 3 aromatic rings. The summed E-state index contributed by atoms with van der Waals surface area (Å²) in [4.78, 5) is 8.84. The zero-order valence-electron chi connectivity index (χ0n) is 15.5. The van der Waals surface area contributed by atoms with Crippen LogP contribution < -0.4 is 15.4 Å². The molecule has 5 nitrogen and oxygen atoms in total. The van der Waals surface area contributed by atoms with E-state index < -0.39 is 0 Å². The lowest BCUT2D eigenvalue weighted by atomic mass is 10.1. The summed E-state index contributed by atoms with van der Waals surface area (Å²) in [5.74, 6) is 1.82. The second-order valence-corrected chi connectivity index (χ2v) is 6.62. The number of hydrogen-bond donors (Lipinski definition) is 2. The first-order valence-electron chi connectivity index (χ1n) is 9.35. The van der Waals surface area contributed by atoms with Gasteiger partial charge in [0.05, 0.1) is 18.8 Å². The molecule has 0 spiro atoms. The quantitative estimate of drug-likeness (QED) is 0.542. The number of aromatic nitrogens is 1. The average Bonchev–Trinajstić information content (AvgIpc) is 3.18. The molecule has 1 aliphatic rings. The van der Waals surface area contributed by atoms with Crippen LogP contribution >= 0.6 is 0 Å². The minimum absolute atomic E-state index is 0.636. The summed E-state index contributed by atoms with van der Waals surface area (Å²) in [7, 11) is 1.79. The Hall–Kier alpha value is -3.08. The monoisotopic (exact) mass is 360 g/mol. The van der Waals surface area contributed by atoms with E-state index in [1.165, 1.54) is 21.9 Å². The molecule has 2 aromatic carbocycles. The van der Waals surface area contributed by atoms with Crippen LogP contribution in [0.3, 0.4) is 0 Å². The molecule has 0 radical (unpaired) electrons. The first kappa shape index (κ1) is 17.3. The Labute approximate surface area is 159 Å². The number of rotatable bonds is 5. The van der Waals surface area contributed by atoms with Gasteiger partial charge in [-0.15, -0.1) is 0 Å². The second kappa shape index (κ2) is 8.08. The van der Waals surface area contributed by atoms with Crippen LogP contribution in [0.2, 0.25) is 0 Å². The van der Waals surface area contributed by atoms with Crippen molar-refractivity contribution in [2.75, 3.05) is 20.2 Å². The fourth-order valence-electron chi connectivity index (χ4n) is 3.43. The maximum Gasteiger partial charge on any atom is 0.191 e. The minimum Gasteiger partial charge on any atom is -0.493 e. The number of fused-ring (bicyclic) bond motifs is 2. The molecule has 1 aliphatic heterocycles. The number of benzene rings is 2. The number of hydrogen-bond acceptors (Lipinski definition) is 3. The molecule has 1 aromatic heterocycles. The summed E-state index contributed by atoms with van der Waals surface area (Å²) >= 11 is 0. The van der Waals surface area contributed by atoms with Gasteiger partial charge in [-0.25, -0.2) is 0 Å².